The lowest BCUT2D eigenvalue weighted by Gasteiger charge is -2.31. The van der Waals surface area contributed by atoms with Gasteiger partial charge in [0.2, 0.25) is 5.95 Å². The minimum Gasteiger partial charge on any atom is -0.370 e. The monoisotopic (exact) mass is 378 g/mol. The molecule has 2 heterocycles. The van der Waals surface area contributed by atoms with Gasteiger partial charge in [-0.05, 0) is 49.8 Å². The van der Waals surface area contributed by atoms with E-state index in [0.29, 0.717) is 16.0 Å². The summed E-state index contributed by atoms with van der Waals surface area (Å²) in [6.07, 6.45) is 3.31. The zero-order chi connectivity index (χ0) is 17.8. The molecule has 1 aliphatic heterocycles. The maximum atomic E-state index is 6.23. The summed E-state index contributed by atoms with van der Waals surface area (Å²) in [6, 6.07) is 7.61. The second-order valence-electron chi connectivity index (χ2n) is 6.80. The van der Waals surface area contributed by atoms with Crippen LogP contribution in [0.5, 0.6) is 0 Å². The lowest BCUT2D eigenvalue weighted by molar-refractivity contribution is 0.442. The van der Waals surface area contributed by atoms with Crippen LogP contribution < -0.4 is 10.2 Å². The fourth-order valence-corrected chi connectivity index (χ4v) is 3.71. The SMILES string of the molecule is Cc1cc(NCCc2ccc(Cl)cc2Cl)nc(N2CCCC(C)C2)n1. The third-order valence-corrected chi connectivity index (χ3v) is 5.08. The molecule has 1 aliphatic rings. The van der Waals surface area contributed by atoms with E-state index in [2.05, 4.69) is 22.1 Å². The Balaban J connectivity index is 1.64. The summed E-state index contributed by atoms with van der Waals surface area (Å²) in [5.41, 5.74) is 2.06. The Morgan fingerprint density at radius 2 is 2.08 bits per heavy atom. The van der Waals surface area contributed by atoms with Crippen LogP contribution >= 0.6 is 23.2 Å². The van der Waals surface area contributed by atoms with Crippen LogP contribution in [0.15, 0.2) is 24.3 Å². The van der Waals surface area contributed by atoms with E-state index in [9.17, 15) is 0 Å². The predicted octanol–water partition coefficient (Wildman–Crippen LogP) is 4.98. The van der Waals surface area contributed by atoms with Crippen molar-refractivity contribution in [1.82, 2.24) is 9.97 Å². The van der Waals surface area contributed by atoms with Crippen LogP contribution in [0.1, 0.15) is 31.0 Å². The average Bonchev–Trinajstić information content (AvgIpc) is 2.56. The first kappa shape index (κ1) is 18.3. The zero-order valence-corrected chi connectivity index (χ0v) is 16.2. The van der Waals surface area contributed by atoms with Gasteiger partial charge in [-0.2, -0.15) is 4.98 Å². The molecule has 0 saturated carbocycles. The lowest BCUT2D eigenvalue weighted by atomic mass is 10.0. The molecule has 0 amide bonds. The number of anilines is 2. The van der Waals surface area contributed by atoms with Gasteiger partial charge in [-0.1, -0.05) is 36.2 Å². The van der Waals surface area contributed by atoms with Gasteiger partial charge in [-0.15, -0.1) is 0 Å². The van der Waals surface area contributed by atoms with Gasteiger partial charge in [-0.25, -0.2) is 4.98 Å². The highest BCUT2D eigenvalue weighted by molar-refractivity contribution is 6.35. The second-order valence-corrected chi connectivity index (χ2v) is 7.64. The molecule has 6 heteroatoms. The zero-order valence-electron chi connectivity index (χ0n) is 14.7. The van der Waals surface area contributed by atoms with Crippen molar-refractivity contribution in [2.24, 2.45) is 5.92 Å². The Morgan fingerprint density at radius 3 is 2.84 bits per heavy atom. The fraction of sp³-hybridized carbons (Fsp3) is 0.474. The summed E-state index contributed by atoms with van der Waals surface area (Å²) in [6.45, 7) is 7.13. The standard InChI is InChI=1S/C19H24Cl2N4/c1-13-4-3-9-25(12-13)19-23-14(2)10-18(24-19)22-8-7-15-5-6-16(20)11-17(15)21/h5-6,10-11,13H,3-4,7-9,12H2,1-2H3,(H,22,23,24). The highest BCUT2D eigenvalue weighted by atomic mass is 35.5. The van der Waals surface area contributed by atoms with E-state index >= 15 is 0 Å². The van der Waals surface area contributed by atoms with Crippen LogP contribution in [0, 0.1) is 12.8 Å². The number of hydrogen-bond acceptors (Lipinski definition) is 4. The minimum atomic E-state index is 0.661. The molecule has 2 aromatic rings. The van der Waals surface area contributed by atoms with Crippen molar-refractivity contribution in [2.75, 3.05) is 29.9 Å². The first-order valence-corrected chi connectivity index (χ1v) is 9.55. The summed E-state index contributed by atoms with van der Waals surface area (Å²) in [5, 5.41) is 4.76. The van der Waals surface area contributed by atoms with Crippen molar-refractivity contribution in [3.63, 3.8) is 0 Å². The molecule has 1 atom stereocenters. The molecule has 3 rings (SSSR count). The van der Waals surface area contributed by atoms with Gasteiger partial charge >= 0.3 is 0 Å². The van der Waals surface area contributed by atoms with Gasteiger partial charge < -0.3 is 10.2 Å². The van der Waals surface area contributed by atoms with Crippen molar-refractivity contribution >= 4 is 35.0 Å². The van der Waals surface area contributed by atoms with Crippen molar-refractivity contribution in [2.45, 2.75) is 33.1 Å². The Kier molecular flexibility index (Phi) is 6.02. The molecule has 0 radical (unpaired) electrons. The second kappa shape index (κ2) is 8.24. The molecule has 1 saturated heterocycles. The number of nitrogens with one attached hydrogen (secondary N) is 1. The van der Waals surface area contributed by atoms with E-state index in [1.54, 1.807) is 6.07 Å². The maximum Gasteiger partial charge on any atom is 0.227 e. The Morgan fingerprint density at radius 1 is 1.24 bits per heavy atom. The van der Waals surface area contributed by atoms with E-state index in [4.69, 9.17) is 28.2 Å². The Bertz CT molecular complexity index is 735. The Hall–Kier alpha value is -1.52. The van der Waals surface area contributed by atoms with Gasteiger partial charge in [0.25, 0.3) is 0 Å². The topological polar surface area (TPSA) is 41.1 Å². The summed E-state index contributed by atoms with van der Waals surface area (Å²) in [5.74, 6) is 2.39. The molecule has 134 valence electrons. The summed E-state index contributed by atoms with van der Waals surface area (Å²) >= 11 is 12.2. The first-order valence-electron chi connectivity index (χ1n) is 8.79. The number of piperidine rings is 1. The van der Waals surface area contributed by atoms with E-state index in [-0.39, 0.29) is 0 Å². The van der Waals surface area contributed by atoms with E-state index in [1.165, 1.54) is 12.8 Å². The molecule has 4 nitrogen and oxygen atoms in total. The molecule has 0 spiro atoms. The number of hydrogen-bond donors (Lipinski definition) is 1. The number of halogens is 2. The maximum absolute atomic E-state index is 6.23. The molecule has 1 N–H and O–H groups in total. The Labute approximate surface area is 159 Å². The molecular formula is C19H24Cl2N4. The molecule has 0 bridgehead atoms. The smallest absolute Gasteiger partial charge is 0.227 e. The van der Waals surface area contributed by atoms with Crippen LogP contribution in [-0.2, 0) is 6.42 Å². The molecular weight excluding hydrogens is 355 g/mol. The molecule has 1 unspecified atom stereocenters. The third-order valence-electron chi connectivity index (χ3n) is 4.50. The number of aryl methyl sites for hydroxylation is 1. The van der Waals surface area contributed by atoms with Crippen LogP contribution in [0.2, 0.25) is 10.0 Å². The summed E-state index contributed by atoms with van der Waals surface area (Å²) in [4.78, 5) is 11.6. The van der Waals surface area contributed by atoms with Gasteiger partial charge in [0.05, 0.1) is 0 Å². The largest absolute Gasteiger partial charge is 0.370 e. The van der Waals surface area contributed by atoms with Crippen LogP contribution in [-0.4, -0.2) is 29.6 Å². The number of rotatable bonds is 5. The van der Waals surface area contributed by atoms with Crippen LogP contribution in [0.3, 0.4) is 0 Å². The first-order chi connectivity index (χ1) is 12.0. The number of nitrogens with zero attached hydrogens (tertiary/aromatic N) is 3. The quantitative estimate of drug-likeness (QED) is 0.795. The van der Waals surface area contributed by atoms with Crippen LogP contribution in [0.25, 0.3) is 0 Å². The van der Waals surface area contributed by atoms with Gasteiger partial charge in [0, 0.05) is 41.4 Å². The van der Waals surface area contributed by atoms with Gasteiger partial charge in [-0.3, -0.25) is 0 Å². The molecule has 25 heavy (non-hydrogen) atoms. The van der Waals surface area contributed by atoms with Crippen molar-refractivity contribution < 1.29 is 0 Å². The number of aromatic nitrogens is 2. The van der Waals surface area contributed by atoms with E-state index in [1.807, 2.05) is 25.1 Å². The lowest BCUT2D eigenvalue weighted by Crippen LogP contribution is -2.35. The molecule has 1 aromatic carbocycles. The predicted molar refractivity (Wildman–Crippen MR) is 106 cm³/mol. The molecule has 0 aliphatic carbocycles. The summed E-state index contributed by atoms with van der Waals surface area (Å²) in [7, 11) is 0. The normalized spacial score (nSPS) is 17.6. The van der Waals surface area contributed by atoms with E-state index < -0.39 is 0 Å². The fourth-order valence-electron chi connectivity index (χ4n) is 3.21. The van der Waals surface area contributed by atoms with Gasteiger partial charge in [0.1, 0.15) is 5.82 Å². The third kappa shape index (κ3) is 4.99. The van der Waals surface area contributed by atoms with Crippen molar-refractivity contribution in [3.8, 4) is 0 Å². The van der Waals surface area contributed by atoms with E-state index in [0.717, 1.165) is 49.1 Å². The highest BCUT2D eigenvalue weighted by Gasteiger charge is 2.19. The minimum absolute atomic E-state index is 0.661. The van der Waals surface area contributed by atoms with Crippen LogP contribution in [0.4, 0.5) is 11.8 Å². The summed E-state index contributed by atoms with van der Waals surface area (Å²) < 4.78 is 0. The molecule has 1 aromatic heterocycles. The average molecular weight is 379 g/mol. The molecule has 1 fully saturated rings. The highest BCUT2D eigenvalue weighted by Crippen LogP contribution is 2.23. The van der Waals surface area contributed by atoms with Crippen molar-refractivity contribution in [1.29, 1.82) is 0 Å². The van der Waals surface area contributed by atoms with Gasteiger partial charge in [0.15, 0.2) is 0 Å². The van der Waals surface area contributed by atoms with Crippen molar-refractivity contribution in [3.05, 3.63) is 45.6 Å². The number of benzene rings is 1.